The molecule has 0 saturated carbocycles. The highest BCUT2D eigenvalue weighted by molar-refractivity contribution is 5.74. The summed E-state index contributed by atoms with van der Waals surface area (Å²) in [6.07, 6.45) is 2.67. The lowest BCUT2D eigenvalue weighted by Crippen LogP contribution is -2.53. The van der Waals surface area contributed by atoms with Gasteiger partial charge in [0, 0.05) is 18.1 Å². The van der Waals surface area contributed by atoms with Crippen LogP contribution in [0.3, 0.4) is 0 Å². The predicted molar refractivity (Wildman–Crippen MR) is 92.4 cm³/mol. The lowest BCUT2D eigenvalue weighted by Gasteiger charge is -2.31. The van der Waals surface area contributed by atoms with E-state index in [4.69, 9.17) is 9.47 Å². The molecule has 0 unspecified atom stereocenters. The molecule has 0 spiro atoms. The highest BCUT2D eigenvalue weighted by atomic mass is 16.6. The van der Waals surface area contributed by atoms with Gasteiger partial charge in [0.2, 0.25) is 0 Å². The quantitative estimate of drug-likeness (QED) is 0.489. The Balaban J connectivity index is 2.28. The van der Waals surface area contributed by atoms with Crippen molar-refractivity contribution in [3.05, 3.63) is 52.1 Å². The second-order valence-corrected chi connectivity index (χ2v) is 5.51. The Bertz CT molecular complexity index is 705. The van der Waals surface area contributed by atoms with Gasteiger partial charge in [-0.1, -0.05) is 24.3 Å². The van der Waals surface area contributed by atoms with Crippen LogP contribution in [0.1, 0.15) is 31.7 Å². The molecule has 0 saturated heterocycles. The molecule has 0 heterocycles. The number of nitro benzene ring substituents is 1. The molecule has 2 amide bonds. The van der Waals surface area contributed by atoms with Crippen molar-refractivity contribution in [3.63, 3.8) is 0 Å². The molecule has 0 aliphatic heterocycles. The maximum atomic E-state index is 12.3. The molecule has 0 fully saturated rings. The summed E-state index contributed by atoms with van der Waals surface area (Å²) in [5.41, 5.74) is 3.03. The number of hydrogen-bond donors (Lipinski definition) is 1. The lowest BCUT2D eigenvalue weighted by molar-refractivity contribution is -0.384. The Morgan fingerprint density at radius 2 is 2.04 bits per heavy atom. The van der Waals surface area contributed by atoms with Crippen LogP contribution in [0.5, 0.6) is 0 Å². The average molecular weight is 363 g/mol. The fourth-order valence-electron chi connectivity index (χ4n) is 2.80. The monoisotopic (exact) mass is 363 g/mol. The van der Waals surface area contributed by atoms with Crippen molar-refractivity contribution in [2.24, 2.45) is 0 Å². The number of carbonyl (C=O) groups excluding carboxylic acids is 2. The summed E-state index contributed by atoms with van der Waals surface area (Å²) >= 11 is 0. The maximum absolute atomic E-state index is 12.3. The van der Waals surface area contributed by atoms with E-state index in [-0.39, 0.29) is 24.8 Å². The molecular weight excluding hydrogens is 342 g/mol. The van der Waals surface area contributed by atoms with Gasteiger partial charge in [0.05, 0.1) is 24.2 Å². The summed E-state index contributed by atoms with van der Waals surface area (Å²) < 4.78 is 9.86. The molecule has 0 bridgehead atoms. The third-order valence-electron chi connectivity index (χ3n) is 3.88. The van der Waals surface area contributed by atoms with Crippen molar-refractivity contribution in [2.45, 2.75) is 32.2 Å². The number of amides is 2. The molecule has 1 N–H and O–H groups in total. The third-order valence-corrected chi connectivity index (χ3v) is 3.88. The molecule has 2 atom stereocenters. The van der Waals surface area contributed by atoms with Crippen LogP contribution in [0.15, 0.2) is 36.4 Å². The van der Waals surface area contributed by atoms with Crippen LogP contribution in [0.2, 0.25) is 0 Å². The van der Waals surface area contributed by atoms with Gasteiger partial charge in [-0.05, 0) is 25.8 Å². The summed E-state index contributed by atoms with van der Waals surface area (Å²) in [4.78, 5) is 34.7. The zero-order chi connectivity index (χ0) is 19.1. The molecule has 9 nitrogen and oxygen atoms in total. The standard InChI is InChI=1S/C17H21N3O6/c1-3-25-16(21)18-19(17(22)26-4-2)15-10-6-9-14(15)12-7-5-8-13(11-12)20(23)24/h5-9,11,14-15H,3-4,10H2,1-2H3,(H,18,21)/t14-,15+/m1/s1. The fourth-order valence-corrected chi connectivity index (χ4v) is 2.80. The van der Waals surface area contributed by atoms with Gasteiger partial charge in [-0.2, -0.15) is 0 Å². The Morgan fingerprint density at radius 1 is 1.31 bits per heavy atom. The van der Waals surface area contributed by atoms with Crippen molar-refractivity contribution in [1.29, 1.82) is 0 Å². The molecule has 2 rings (SSSR count). The van der Waals surface area contributed by atoms with E-state index in [1.54, 1.807) is 26.0 Å². The molecule has 1 aromatic carbocycles. The number of benzene rings is 1. The molecule has 0 aromatic heterocycles. The van der Waals surface area contributed by atoms with Crippen molar-refractivity contribution in [2.75, 3.05) is 13.2 Å². The highest BCUT2D eigenvalue weighted by Crippen LogP contribution is 2.33. The number of non-ortho nitro benzene ring substituents is 1. The minimum Gasteiger partial charge on any atom is -0.449 e. The zero-order valence-corrected chi connectivity index (χ0v) is 14.6. The van der Waals surface area contributed by atoms with Crippen LogP contribution in [-0.2, 0) is 9.47 Å². The first-order valence-electron chi connectivity index (χ1n) is 8.28. The Morgan fingerprint density at radius 3 is 2.69 bits per heavy atom. The van der Waals surface area contributed by atoms with Gasteiger partial charge >= 0.3 is 12.2 Å². The number of hydrazine groups is 1. The Labute approximate surface area is 150 Å². The SMILES string of the molecule is CCOC(=O)NN(C(=O)OCC)[C@H]1CC=C[C@@H]1c1cccc([N+](=O)[O-])c1. The van der Waals surface area contributed by atoms with Crippen LogP contribution in [-0.4, -0.2) is 41.4 Å². The second-order valence-electron chi connectivity index (χ2n) is 5.51. The number of nitro groups is 1. The number of hydrogen-bond acceptors (Lipinski definition) is 6. The van der Waals surface area contributed by atoms with Crippen LogP contribution in [0.4, 0.5) is 15.3 Å². The first kappa shape index (κ1) is 19.2. The van der Waals surface area contributed by atoms with E-state index in [9.17, 15) is 19.7 Å². The highest BCUT2D eigenvalue weighted by Gasteiger charge is 2.35. The first-order valence-corrected chi connectivity index (χ1v) is 8.28. The largest absolute Gasteiger partial charge is 0.449 e. The summed E-state index contributed by atoms with van der Waals surface area (Å²) in [5, 5.41) is 12.1. The molecule has 9 heteroatoms. The molecule has 26 heavy (non-hydrogen) atoms. The van der Waals surface area contributed by atoms with Gasteiger partial charge < -0.3 is 9.47 Å². The van der Waals surface area contributed by atoms with E-state index in [1.165, 1.54) is 12.1 Å². The van der Waals surface area contributed by atoms with Gasteiger partial charge in [-0.3, -0.25) is 10.1 Å². The van der Waals surface area contributed by atoms with E-state index >= 15 is 0 Å². The van der Waals surface area contributed by atoms with Crippen molar-refractivity contribution < 1.29 is 24.0 Å². The Kier molecular flexibility index (Phi) is 6.54. The molecular formula is C17H21N3O6. The number of ether oxygens (including phenoxy) is 2. The van der Waals surface area contributed by atoms with Crippen molar-refractivity contribution in [1.82, 2.24) is 10.4 Å². The van der Waals surface area contributed by atoms with E-state index in [0.29, 0.717) is 12.0 Å². The summed E-state index contributed by atoms with van der Waals surface area (Å²) in [7, 11) is 0. The van der Waals surface area contributed by atoms with E-state index in [1.807, 2.05) is 12.2 Å². The number of carbonyl (C=O) groups is 2. The van der Waals surface area contributed by atoms with Gasteiger partial charge in [0.25, 0.3) is 5.69 Å². The molecule has 1 aliphatic rings. The topological polar surface area (TPSA) is 111 Å². The second kappa shape index (κ2) is 8.84. The van der Waals surface area contributed by atoms with Crippen LogP contribution in [0, 0.1) is 10.1 Å². The minimum absolute atomic E-state index is 0.0393. The normalized spacial score (nSPS) is 18.2. The average Bonchev–Trinajstić information content (AvgIpc) is 3.09. The van der Waals surface area contributed by atoms with Gasteiger partial charge in [-0.15, -0.1) is 0 Å². The lowest BCUT2D eigenvalue weighted by atomic mass is 9.94. The molecule has 0 radical (unpaired) electrons. The summed E-state index contributed by atoms with van der Waals surface area (Å²) in [6, 6.07) is 5.71. The van der Waals surface area contributed by atoms with Crippen LogP contribution >= 0.6 is 0 Å². The van der Waals surface area contributed by atoms with E-state index in [0.717, 1.165) is 5.01 Å². The van der Waals surface area contributed by atoms with Gasteiger partial charge in [0.15, 0.2) is 0 Å². The van der Waals surface area contributed by atoms with E-state index in [2.05, 4.69) is 5.43 Å². The third kappa shape index (κ3) is 4.50. The maximum Gasteiger partial charge on any atom is 0.429 e. The molecule has 1 aliphatic carbocycles. The summed E-state index contributed by atoms with van der Waals surface area (Å²) in [6.45, 7) is 3.60. The van der Waals surface area contributed by atoms with Crippen LogP contribution < -0.4 is 5.43 Å². The Hall–Kier alpha value is -3.10. The number of nitrogens with one attached hydrogen (secondary N) is 1. The van der Waals surface area contributed by atoms with Gasteiger partial charge in [-0.25, -0.2) is 20.0 Å². The van der Waals surface area contributed by atoms with Gasteiger partial charge in [0.1, 0.15) is 0 Å². The first-order chi connectivity index (χ1) is 12.5. The zero-order valence-electron chi connectivity index (χ0n) is 14.6. The van der Waals surface area contributed by atoms with Crippen LogP contribution in [0.25, 0.3) is 0 Å². The molecule has 1 aromatic rings. The smallest absolute Gasteiger partial charge is 0.429 e. The minimum atomic E-state index is -0.773. The molecule has 140 valence electrons. The van der Waals surface area contributed by atoms with Crippen molar-refractivity contribution in [3.8, 4) is 0 Å². The fraction of sp³-hybridized carbons (Fsp3) is 0.412. The predicted octanol–water partition coefficient (Wildman–Crippen LogP) is 3.13. The van der Waals surface area contributed by atoms with E-state index < -0.39 is 23.2 Å². The number of nitrogens with zero attached hydrogens (tertiary/aromatic N) is 2. The summed E-state index contributed by atoms with van der Waals surface area (Å²) in [5.74, 6) is -0.332. The van der Waals surface area contributed by atoms with Crippen molar-refractivity contribution >= 4 is 17.9 Å². The number of rotatable bonds is 5.